The highest BCUT2D eigenvalue weighted by molar-refractivity contribution is 5.71. The van der Waals surface area contributed by atoms with Crippen molar-refractivity contribution >= 4 is 5.97 Å². The molecule has 1 N–H and O–H groups in total. The number of aromatic nitrogens is 1. The fourth-order valence-electron chi connectivity index (χ4n) is 2.39. The van der Waals surface area contributed by atoms with Gasteiger partial charge in [0.05, 0.1) is 0 Å². The molecule has 0 aliphatic heterocycles. The molecule has 1 atom stereocenters. The fraction of sp³-hybridized carbons (Fsp3) is 0.625. The van der Waals surface area contributed by atoms with E-state index in [2.05, 4.69) is 0 Å². The largest absolute Gasteiger partial charge is 0.480 e. The van der Waals surface area contributed by atoms with E-state index in [1.54, 1.807) is 0 Å². The van der Waals surface area contributed by atoms with Crippen molar-refractivity contribution in [3.8, 4) is 0 Å². The second-order valence-electron chi connectivity index (χ2n) is 6.34. The van der Waals surface area contributed by atoms with Crippen LogP contribution in [0.3, 0.4) is 0 Å². The average Bonchev–Trinajstić information content (AvgIpc) is 2.42. The van der Waals surface area contributed by atoms with Crippen LogP contribution in [0.5, 0.6) is 0 Å². The zero-order valence-electron chi connectivity index (χ0n) is 13.9. The Kier molecular flexibility index (Phi) is 6.87. The summed E-state index contributed by atoms with van der Waals surface area (Å²) in [6, 6.07) is -0.182. The Morgan fingerprint density at radius 1 is 1.35 bits per heavy atom. The Labute approximate surface area is 134 Å². The molecular formula is C16H24F2N2O3. The van der Waals surface area contributed by atoms with Crippen molar-refractivity contribution in [1.29, 1.82) is 0 Å². The van der Waals surface area contributed by atoms with Crippen molar-refractivity contribution in [2.24, 2.45) is 5.92 Å². The van der Waals surface area contributed by atoms with Crippen molar-refractivity contribution in [2.45, 2.75) is 39.2 Å². The smallest absolute Gasteiger partial charge is 0.326 e. The topological polar surface area (TPSA) is 62.5 Å². The molecule has 1 aromatic heterocycles. The maximum absolute atomic E-state index is 13.2. The van der Waals surface area contributed by atoms with E-state index < -0.39 is 24.0 Å². The van der Waals surface area contributed by atoms with Crippen molar-refractivity contribution in [1.82, 2.24) is 9.47 Å². The number of pyridine rings is 1. The number of nitrogens with zero attached hydrogens (tertiary/aromatic N) is 2. The van der Waals surface area contributed by atoms with E-state index in [0.717, 1.165) is 10.6 Å². The van der Waals surface area contributed by atoms with Crippen LogP contribution in [0, 0.1) is 5.92 Å². The Morgan fingerprint density at radius 2 is 1.96 bits per heavy atom. The predicted molar refractivity (Wildman–Crippen MR) is 84.0 cm³/mol. The van der Waals surface area contributed by atoms with Gasteiger partial charge in [0.2, 0.25) is 0 Å². The summed E-state index contributed by atoms with van der Waals surface area (Å²) in [6.45, 7) is 4.22. The lowest BCUT2D eigenvalue weighted by Gasteiger charge is -2.20. The number of hydrogen-bond acceptors (Lipinski definition) is 3. The standard InChI is InChI=1S/C16H24F2N2O3/c1-10(2)7-13(16(22)23)20-9-11(5-6-19(3)4)12(15(17)18)8-14(20)21/h8-10,13,15H,5-7H2,1-4H3,(H,22,23). The maximum Gasteiger partial charge on any atom is 0.326 e. The summed E-state index contributed by atoms with van der Waals surface area (Å²) in [5.74, 6) is -1.08. The number of likely N-dealkylation sites (N-methyl/N-ethyl adjacent to an activating group) is 1. The highest BCUT2D eigenvalue weighted by atomic mass is 19.3. The van der Waals surface area contributed by atoms with Crippen LogP contribution < -0.4 is 5.56 Å². The van der Waals surface area contributed by atoms with Gasteiger partial charge in [-0.1, -0.05) is 13.8 Å². The zero-order valence-corrected chi connectivity index (χ0v) is 13.9. The van der Waals surface area contributed by atoms with Crippen LogP contribution in [-0.4, -0.2) is 41.2 Å². The number of rotatable bonds is 8. The number of carboxylic acids is 1. The first-order valence-electron chi connectivity index (χ1n) is 7.54. The molecule has 0 aliphatic carbocycles. The summed E-state index contributed by atoms with van der Waals surface area (Å²) in [4.78, 5) is 25.4. The Balaban J connectivity index is 3.34. The van der Waals surface area contributed by atoms with E-state index in [0.29, 0.717) is 18.5 Å². The molecule has 1 heterocycles. The molecule has 7 heteroatoms. The van der Waals surface area contributed by atoms with E-state index in [1.165, 1.54) is 6.20 Å². The second-order valence-corrected chi connectivity index (χ2v) is 6.34. The van der Waals surface area contributed by atoms with E-state index in [1.807, 2.05) is 32.8 Å². The van der Waals surface area contributed by atoms with Gasteiger partial charge in [-0.25, -0.2) is 13.6 Å². The first-order chi connectivity index (χ1) is 10.6. The first-order valence-corrected chi connectivity index (χ1v) is 7.54. The molecule has 5 nitrogen and oxygen atoms in total. The van der Waals surface area contributed by atoms with Gasteiger partial charge in [-0.15, -0.1) is 0 Å². The lowest BCUT2D eigenvalue weighted by Crippen LogP contribution is -2.31. The summed E-state index contributed by atoms with van der Waals surface area (Å²) in [6.07, 6.45) is -0.894. The quantitative estimate of drug-likeness (QED) is 0.796. The molecule has 0 bridgehead atoms. The van der Waals surface area contributed by atoms with E-state index in [4.69, 9.17) is 0 Å². The number of aliphatic carboxylic acids is 1. The lowest BCUT2D eigenvalue weighted by molar-refractivity contribution is -0.141. The van der Waals surface area contributed by atoms with Crippen LogP contribution in [0.25, 0.3) is 0 Å². The highest BCUT2D eigenvalue weighted by Gasteiger charge is 2.24. The van der Waals surface area contributed by atoms with Gasteiger partial charge in [-0.2, -0.15) is 0 Å². The van der Waals surface area contributed by atoms with E-state index >= 15 is 0 Å². The van der Waals surface area contributed by atoms with Crippen LogP contribution in [0.1, 0.15) is 43.9 Å². The minimum absolute atomic E-state index is 0.0583. The normalized spacial score (nSPS) is 13.1. The van der Waals surface area contributed by atoms with Crippen LogP contribution in [0.15, 0.2) is 17.1 Å². The minimum Gasteiger partial charge on any atom is -0.480 e. The molecule has 23 heavy (non-hydrogen) atoms. The molecule has 1 rings (SSSR count). The zero-order chi connectivity index (χ0) is 17.7. The summed E-state index contributed by atoms with van der Waals surface area (Å²) < 4.78 is 27.4. The summed E-state index contributed by atoms with van der Waals surface area (Å²) in [5.41, 5.74) is -0.716. The number of carbonyl (C=O) groups is 1. The third kappa shape index (κ3) is 5.42. The van der Waals surface area contributed by atoms with Crippen molar-refractivity contribution in [3.05, 3.63) is 33.7 Å². The Morgan fingerprint density at radius 3 is 2.39 bits per heavy atom. The number of halogens is 2. The number of hydrogen-bond donors (Lipinski definition) is 1. The van der Waals surface area contributed by atoms with Gasteiger partial charge < -0.3 is 14.6 Å². The van der Waals surface area contributed by atoms with Crippen molar-refractivity contribution in [3.63, 3.8) is 0 Å². The maximum atomic E-state index is 13.2. The third-order valence-corrected chi connectivity index (χ3v) is 3.58. The molecule has 0 saturated carbocycles. The summed E-state index contributed by atoms with van der Waals surface area (Å²) >= 11 is 0. The number of carboxylic acid groups (broad SMARTS) is 1. The first kappa shape index (κ1) is 19.3. The molecule has 130 valence electrons. The lowest BCUT2D eigenvalue weighted by atomic mass is 10.0. The minimum atomic E-state index is -2.76. The monoisotopic (exact) mass is 330 g/mol. The third-order valence-electron chi connectivity index (χ3n) is 3.58. The van der Waals surface area contributed by atoms with E-state index in [-0.39, 0.29) is 17.9 Å². The summed E-state index contributed by atoms with van der Waals surface area (Å²) in [5, 5.41) is 9.37. The molecule has 0 radical (unpaired) electrons. The average molecular weight is 330 g/mol. The van der Waals surface area contributed by atoms with Gasteiger partial charge >= 0.3 is 5.97 Å². The molecule has 0 amide bonds. The molecule has 1 unspecified atom stereocenters. The van der Waals surface area contributed by atoms with Gasteiger partial charge in [-0.3, -0.25) is 4.79 Å². The fourth-order valence-corrected chi connectivity index (χ4v) is 2.39. The van der Waals surface area contributed by atoms with E-state index in [9.17, 15) is 23.5 Å². The predicted octanol–water partition coefficient (Wildman–Crippen LogP) is 2.56. The molecule has 0 aliphatic rings. The van der Waals surface area contributed by atoms with Crippen LogP contribution in [0.2, 0.25) is 0 Å². The second kappa shape index (κ2) is 8.19. The summed E-state index contributed by atoms with van der Waals surface area (Å²) in [7, 11) is 3.63. The van der Waals surface area contributed by atoms with Gasteiger partial charge in [0.1, 0.15) is 6.04 Å². The van der Waals surface area contributed by atoms with Gasteiger partial charge in [0.15, 0.2) is 0 Å². The Bertz CT molecular complexity index is 597. The molecule has 0 aromatic carbocycles. The van der Waals surface area contributed by atoms with Gasteiger partial charge in [0.25, 0.3) is 12.0 Å². The SMILES string of the molecule is CC(C)CC(C(=O)O)n1cc(CCN(C)C)c(C(F)F)cc1=O. The van der Waals surface area contributed by atoms with Crippen LogP contribution in [-0.2, 0) is 11.2 Å². The molecule has 1 aromatic rings. The van der Waals surface area contributed by atoms with Crippen molar-refractivity contribution in [2.75, 3.05) is 20.6 Å². The van der Waals surface area contributed by atoms with Crippen molar-refractivity contribution < 1.29 is 18.7 Å². The highest BCUT2D eigenvalue weighted by Crippen LogP contribution is 2.24. The molecule has 0 spiro atoms. The van der Waals surface area contributed by atoms with Crippen LogP contribution in [0.4, 0.5) is 8.78 Å². The Hall–Kier alpha value is -1.76. The van der Waals surface area contributed by atoms with Gasteiger partial charge in [-0.05, 0) is 38.4 Å². The number of alkyl halides is 2. The molecule has 0 fully saturated rings. The molecule has 0 saturated heterocycles. The van der Waals surface area contributed by atoms with Gasteiger partial charge in [0, 0.05) is 24.4 Å². The van der Waals surface area contributed by atoms with Crippen LogP contribution >= 0.6 is 0 Å². The molecular weight excluding hydrogens is 306 g/mol.